The lowest BCUT2D eigenvalue weighted by Crippen LogP contribution is -2.18. The molecule has 0 saturated heterocycles. The molecule has 0 rings (SSSR count). The number of carbonyl (C=O) groups excluding carboxylic acids is 3. The summed E-state index contributed by atoms with van der Waals surface area (Å²) in [6.45, 7) is 17.0. The van der Waals surface area contributed by atoms with E-state index in [2.05, 4.69) is 29.2 Å². The zero-order chi connectivity index (χ0) is 26.2. The van der Waals surface area contributed by atoms with Gasteiger partial charge >= 0.3 is 17.9 Å². The zero-order valence-electron chi connectivity index (χ0n) is 20.5. The SMILES string of the molecule is C=C(C)C(=O)OC(C)CO.C=C(C)C(=O)OCC(C)O.C=CC(=O)OCCCCCCCO. The maximum Gasteiger partial charge on any atom is 0.333 e. The van der Waals surface area contributed by atoms with Crippen LogP contribution in [0.1, 0.15) is 59.8 Å². The average Bonchev–Trinajstić information content (AvgIpc) is 2.77. The number of hydrogen-bond acceptors (Lipinski definition) is 9. The smallest absolute Gasteiger partial charge is 0.333 e. The Morgan fingerprint density at radius 2 is 1.39 bits per heavy atom. The first kappa shape index (κ1) is 35.1. The van der Waals surface area contributed by atoms with E-state index in [9.17, 15) is 14.4 Å². The molecule has 192 valence electrons. The Bertz CT molecular complexity index is 582. The van der Waals surface area contributed by atoms with Crippen molar-refractivity contribution in [3.8, 4) is 0 Å². The van der Waals surface area contributed by atoms with Crippen LogP contribution in [0, 0.1) is 0 Å². The minimum atomic E-state index is -0.608. The number of carbonyl (C=O) groups is 3. The van der Waals surface area contributed by atoms with E-state index in [1.54, 1.807) is 27.7 Å². The van der Waals surface area contributed by atoms with Crippen LogP contribution >= 0.6 is 0 Å². The number of aliphatic hydroxyl groups is 3. The summed E-state index contributed by atoms with van der Waals surface area (Å²) < 4.78 is 14.0. The Labute approximate surface area is 197 Å². The van der Waals surface area contributed by atoms with E-state index in [0.717, 1.165) is 32.1 Å². The minimum absolute atomic E-state index is 0.0334. The van der Waals surface area contributed by atoms with Gasteiger partial charge in [-0.1, -0.05) is 39.0 Å². The topological polar surface area (TPSA) is 140 Å². The number of ether oxygens (including phenoxy) is 3. The van der Waals surface area contributed by atoms with Crippen LogP contribution in [-0.4, -0.2) is 71.9 Å². The van der Waals surface area contributed by atoms with Crippen molar-refractivity contribution in [3.63, 3.8) is 0 Å². The van der Waals surface area contributed by atoms with Gasteiger partial charge in [0.05, 0.1) is 19.3 Å². The van der Waals surface area contributed by atoms with Crippen molar-refractivity contribution in [3.05, 3.63) is 37.0 Å². The van der Waals surface area contributed by atoms with Gasteiger partial charge in [0, 0.05) is 23.8 Å². The molecule has 0 amide bonds. The maximum absolute atomic E-state index is 10.7. The summed E-state index contributed by atoms with van der Waals surface area (Å²) in [5.41, 5.74) is 0.695. The summed E-state index contributed by atoms with van der Waals surface area (Å²) in [6.07, 6.45) is 5.07. The van der Waals surface area contributed by atoms with Crippen molar-refractivity contribution in [2.75, 3.05) is 26.4 Å². The Kier molecular flexibility index (Phi) is 25.7. The van der Waals surface area contributed by atoms with Gasteiger partial charge in [-0.05, 0) is 40.5 Å². The molecule has 9 heteroatoms. The van der Waals surface area contributed by atoms with Crippen molar-refractivity contribution < 1.29 is 43.9 Å². The van der Waals surface area contributed by atoms with Crippen LogP contribution in [0.5, 0.6) is 0 Å². The molecule has 3 N–H and O–H groups in total. The molecule has 0 fully saturated rings. The van der Waals surface area contributed by atoms with Gasteiger partial charge in [-0.3, -0.25) is 0 Å². The first-order valence-electron chi connectivity index (χ1n) is 10.8. The second-order valence-corrected chi connectivity index (χ2v) is 7.27. The standard InChI is InChI=1S/C10H18O3.2C7H12O3/c1-2-10(12)13-9-7-5-3-4-6-8-11;1-5(2)7(9)10-4-6(3)8;1-5(2)7(9)10-6(3)4-8/h2,11H,1,3-9H2;2*6,8H,1,4H2,2-3H3. The molecule has 33 heavy (non-hydrogen) atoms. The third-order valence-corrected chi connectivity index (χ3v) is 3.43. The monoisotopic (exact) mass is 474 g/mol. The largest absolute Gasteiger partial charge is 0.463 e. The van der Waals surface area contributed by atoms with Crippen molar-refractivity contribution in [2.24, 2.45) is 0 Å². The number of esters is 3. The predicted octanol–water partition coefficient (Wildman–Crippen LogP) is 2.63. The van der Waals surface area contributed by atoms with Crippen LogP contribution < -0.4 is 0 Å². The predicted molar refractivity (Wildman–Crippen MR) is 126 cm³/mol. The summed E-state index contributed by atoms with van der Waals surface area (Å²) in [5.74, 6) is -1.27. The zero-order valence-corrected chi connectivity index (χ0v) is 20.5. The summed E-state index contributed by atoms with van der Waals surface area (Å²) >= 11 is 0. The van der Waals surface area contributed by atoms with Gasteiger partial charge in [0.2, 0.25) is 0 Å². The van der Waals surface area contributed by atoms with Crippen LogP contribution in [0.4, 0.5) is 0 Å². The fourth-order valence-electron chi connectivity index (χ4n) is 1.62. The quantitative estimate of drug-likeness (QED) is 0.150. The molecular formula is C24H42O9. The third kappa shape index (κ3) is 29.5. The highest BCUT2D eigenvalue weighted by atomic mass is 16.6. The normalized spacial score (nSPS) is 11.2. The van der Waals surface area contributed by atoms with E-state index < -0.39 is 24.1 Å². The number of hydrogen-bond donors (Lipinski definition) is 3. The van der Waals surface area contributed by atoms with Gasteiger partial charge in [-0.25, -0.2) is 14.4 Å². The second kappa shape index (κ2) is 24.2. The van der Waals surface area contributed by atoms with Gasteiger partial charge in [-0.2, -0.15) is 0 Å². The van der Waals surface area contributed by atoms with Gasteiger partial charge < -0.3 is 29.5 Å². The molecule has 0 radical (unpaired) electrons. The summed E-state index contributed by atoms with van der Waals surface area (Å²) in [6, 6.07) is 0. The summed E-state index contributed by atoms with van der Waals surface area (Å²) in [5, 5.41) is 25.6. The molecule has 0 spiro atoms. The maximum atomic E-state index is 10.7. The lowest BCUT2D eigenvalue weighted by atomic mass is 10.1. The van der Waals surface area contributed by atoms with Crippen LogP contribution in [0.3, 0.4) is 0 Å². The fourth-order valence-corrected chi connectivity index (χ4v) is 1.62. The highest BCUT2D eigenvalue weighted by molar-refractivity contribution is 5.87. The minimum Gasteiger partial charge on any atom is -0.463 e. The van der Waals surface area contributed by atoms with Crippen LogP contribution in [0.25, 0.3) is 0 Å². The molecule has 0 aromatic carbocycles. The Hall–Kier alpha value is -2.49. The molecule has 0 heterocycles. The lowest BCUT2D eigenvalue weighted by molar-refractivity contribution is -0.145. The van der Waals surface area contributed by atoms with Crippen LogP contribution in [0.2, 0.25) is 0 Å². The van der Waals surface area contributed by atoms with Gasteiger partial charge in [-0.15, -0.1) is 0 Å². The van der Waals surface area contributed by atoms with Crippen molar-refractivity contribution in [1.29, 1.82) is 0 Å². The fraction of sp³-hybridized carbons (Fsp3) is 0.625. The molecular weight excluding hydrogens is 432 g/mol. The van der Waals surface area contributed by atoms with Gasteiger partial charge in [0.25, 0.3) is 0 Å². The van der Waals surface area contributed by atoms with E-state index in [-0.39, 0.29) is 25.8 Å². The Balaban J connectivity index is -0.000000415. The second-order valence-electron chi connectivity index (χ2n) is 7.27. The lowest BCUT2D eigenvalue weighted by Gasteiger charge is -2.08. The average molecular weight is 475 g/mol. The summed E-state index contributed by atoms with van der Waals surface area (Å²) in [7, 11) is 0. The molecule has 2 atom stereocenters. The van der Waals surface area contributed by atoms with E-state index >= 15 is 0 Å². The Morgan fingerprint density at radius 3 is 1.82 bits per heavy atom. The van der Waals surface area contributed by atoms with Gasteiger partial charge in [0.1, 0.15) is 12.7 Å². The molecule has 0 saturated carbocycles. The molecule has 0 aliphatic heterocycles. The molecule has 0 aliphatic carbocycles. The first-order valence-corrected chi connectivity index (χ1v) is 10.8. The molecule has 2 unspecified atom stereocenters. The van der Waals surface area contributed by atoms with Gasteiger partial charge in [0.15, 0.2) is 0 Å². The van der Waals surface area contributed by atoms with E-state index in [0.29, 0.717) is 17.8 Å². The molecule has 0 aromatic heterocycles. The molecule has 9 nitrogen and oxygen atoms in total. The number of rotatable bonds is 14. The highest BCUT2D eigenvalue weighted by Gasteiger charge is 2.07. The molecule has 0 aliphatic rings. The van der Waals surface area contributed by atoms with Crippen molar-refractivity contribution >= 4 is 17.9 Å². The van der Waals surface area contributed by atoms with E-state index in [1.807, 2.05) is 0 Å². The third-order valence-electron chi connectivity index (χ3n) is 3.43. The van der Waals surface area contributed by atoms with Crippen molar-refractivity contribution in [1.82, 2.24) is 0 Å². The van der Waals surface area contributed by atoms with E-state index in [1.165, 1.54) is 6.08 Å². The molecule has 0 bridgehead atoms. The number of unbranched alkanes of at least 4 members (excludes halogenated alkanes) is 4. The number of aliphatic hydroxyl groups excluding tert-OH is 3. The highest BCUT2D eigenvalue weighted by Crippen LogP contribution is 2.02. The Morgan fingerprint density at radius 1 is 0.879 bits per heavy atom. The van der Waals surface area contributed by atoms with Crippen LogP contribution in [0.15, 0.2) is 37.0 Å². The van der Waals surface area contributed by atoms with E-state index in [4.69, 9.17) is 20.1 Å². The van der Waals surface area contributed by atoms with Crippen molar-refractivity contribution in [2.45, 2.75) is 72.0 Å². The first-order chi connectivity index (χ1) is 15.4. The molecule has 0 aromatic rings. The summed E-state index contributed by atoms with van der Waals surface area (Å²) in [4.78, 5) is 31.9. The van der Waals surface area contributed by atoms with Crippen LogP contribution in [-0.2, 0) is 28.6 Å².